The van der Waals surface area contributed by atoms with Crippen molar-refractivity contribution in [3.05, 3.63) is 35.1 Å². The minimum atomic E-state index is -5.77. The number of amides is 1. The number of rotatable bonds is 2. The van der Waals surface area contributed by atoms with Crippen LogP contribution in [0.25, 0.3) is 5.70 Å². The largest absolute Gasteiger partial charge is 0.506 e. The molecule has 0 atom stereocenters. The molecular formula is C18H18F5NO3. The predicted octanol–water partition coefficient (Wildman–Crippen LogP) is 4.75. The van der Waals surface area contributed by atoms with E-state index in [0.29, 0.717) is 25.0 Å². The summed E-state index contributed by atoms with van der Waals surface area (Å²) >= 11 is 0. The fourth-order valence-corrected chi connectivity index (χ4v) is 3.21. The van der Waals surface area contributed by atoms with Crippen molar-refractivity contribution in [2.24, 2.45) is 0 Å². The number of benzene rings is 1. The van der Waals surface area contributed by atoms with Crippen molar-refractivity contribution in [2.75, 3.05) is 6.54 Å². The minimum absolute atomic E-state index is 0.0212. The van der Waals surface area contributed by atoms with Crippen LogP contribution in [0.2, 0.25) is 0 Å². The second-order valence-corrected chi connectivity index (χ2v) is 7.10. The van der Waals surface area contributed by atoms with Crippen molar-refractivity contribution in [2.45, 2.75) is 50.8 Å². The number of carbonyl (C=O) groups excluding carboxylic acids is 1. The molecule has 0 aliphatic carbocycles. The van der Waals surface area contributed by atoms with E-state index in [0.717, 1.165) is 6.07 Å². The first kappa shape index (κ1) is 19.4. The topological polar surface area (TPSA) is 49.8 Å². The highest BCUT2D eigenvalue weighted by molar-refractivity contribution is 5.90. The van der Waals surface area contributed by atoms with Crippen molar-refractivity contribution < 1.29 is 36.6 Å². The smallest absolute Gasteiger partial charge is 0.458 e. The Balaban J connectivity index is 2.19. The normalized spacial score (nSPS) is 20.4. The summed E-state index contributed by atoms with van der Waals surface area (Å²) in [4.78, 5) is 13.5. The SMILES string of the molecule is CC1(C)Oc2ccc(C(F)(F)C(F)(F)F)cc2C(N2CCCCC2=O)=C1O. The third kappa shape index (κ3) is 3.12. The Morgan fingerprint density at radius 3 is 2.41 bits per heavy atom. The van der Waals surface area contributed by atoms with E-state index in [-0.39, 0.29) is 35.9 Å². The Labute approximate surface area is 152 Å². The lowest BCUT2D eigenvalue weighted by atomic mass is 9.92. The predicted molar refractivity (Wildman–Crippen MR) is 86.2 cm³/mol. The van der Waals surface area contributed by atoms with E-state index < -0.39 is 29.0 Å². The first-order valence-corrected chi connectivity index (χ1v) is 8.39. The van der Waals surface area contributed by atoms with Gasteiger partial charge in [-0.15, -0.1) is 0 Å². The first-order valence-electron chi connectivity index (χ1n) is 8.39. The van der Waals surface area contributed by atoms with Gasteiger partial charge in [-0.05, 0) is 44.9 Å². The van der Waals surface area contributed by atoms with Crippen LogP contribution in [0.5, 0.6) is 5.75 Å². The molecule has 9 heteroatoms. The van der Waals surface area contributed by atoms with Crippen LogP contribution in [0.1, 0.15) is 44.2 Å². The lowest BCUT2D eigenvalue weighted by Crippen LogP contribution is -2.42. The summed E-state index contributed by atoms with van der Waals surface area (Å²) in [5.74, 6) is -5.79. The maximum Gasteiger partial charge on any atom is 0.458 e. The van der Waals surface area contributed by atoms with Crippen LogP contribution >= 0.6 is 0 Å². The molecule has 2 heterocycles. The quantitative estimate of drug-likeness (QED) is 0.741. The average Bonchev–Trinajstić information content (AvgIpc) is 2.55. The number of hydrogen-bond donors (Lipinski definition) is 1. The standard InChI is InChI=1S/C18H18F5NO3/c1-16(2)15(26)14(24-8-4-3-5-13(24)25)11-9-10(6-7-12(11)27-16)17(19,20)18(21,22)23/h6-7,9,26H,3-5,8H2,1-2H3. The monoisotopic (exact) mass is 391 g/mol. The van der Waals surface area contributed by atoms with Gasteiger partial charge in [-0.25, -0.2) is 0 Å². The van der Waals surface area contributed by atoms with Gasteiger partial charge in [0.25, 0.3) is 0 Å². The number of fused-ring (bicyclic) bond motifs is 1. The van der Waals surface area contributed by atoms with Crippen molar-refractivity contribution in [3.8, 4) is 5.75 Å². The van der Waals surface area contributed by atoms with Gasteiger partial charge in [-0.1, -0.05) is 0 Å². The number of carbonyl (C=O) groups is 1. The van der Waals surface area contributed by atoms with Crippen LogP contribution in [0.3, 0.4) is 0 Å². The third-order valence-electron chi connectivity index (χ3n) is 4.71. The van der Waals surface area contributed by atoms with Gasteiger partial charge in [0.1, 0.15) is 5.75 Å². The van der Waals surface area contributed by atoms with Gasteiger partial charge in [0.2, 0.25) is 5.91 Å². The first-order chi connectivity index (χ1) is 12.4. The summed E-state index contributed by atoms with van der Waals surface area (Å²) in [5, 5.41) is 10.6. The van der Waals surface area contributed by atoms with Crippen molar-refractivity contribution >= 4 is 11.6 Å². The fraction of sp³-hybridized carbons (Fsp3) is 0.500. The molecule has 1 saturated heterocycles. The number of ether oxygens (including phenoxy) is 1. The van der Waals surface area contributed by atoms with Crippen LogP contribution < -0.4 is 4.74 Å². The number of nitrogens with zero attached hydrogens (tertiary/aromatic N) is 1. The average molecular weight is 391 g/mol. The lowest BCUT2D eigenvalue weighted by Gasteiger charge is -2.39. The number of alkyl halides is 5. The minimum Gasteiger partial charge on any atom is -0.506 e. The highest BCUT2D eigenvalue weighted by atomic mass is 19.4. The van der Waals surface area contributed by atoms with Crippen molar-refractivity contribution in [1.29, 1.82) is 0 Å². The highest BCUT2D eigenvalue weighted by Crippen LogP contribution is 2.48. The van der Waals surface area contributed by atoms with Crippen LogP contribution in [0.15, 0.2) is 24.0 Å². The van der Waals surface area contributed by atoms with Crippen LogP contribution in [-0.2, 0) is 10.7 Å². The summed E-state index contributed by atoms with van der Waals surface area (Å²) in [5.41, 5.74) is -2.80. The Kier molecular flexibility index (Phi) is 4.39. The molecule has 0 radical (unpaired) electrons. The van der Waals surface area contributed by atoms with Crippen LogP contribution in [0, 0.1) is 0 Å². The molecule has 1 aromatic rings. The van der Waals surface area contributed by atoms with Gasteiger partial charge >= 0.3 is 12.1 Å². The van der Waals surface area contributed by atoms with Gasteiger partial charge in [0, 0.05) is 24.1 Å². The maximum atomic E-state index is 13.8. The number of aliphatic hydroxyl groups excluding tert-OH is 1. The van der Waals surface area contributed by atoms with Gasteiger partial charge in [0.05, 0.1) is 5.70 Å². The second kappa shape index (κ2) is 6.10. The molecule has 1 fully saturated rings. The van der Waals surface area contributed by atoms with E-state index in [1.807, 2.05) is 0 Å². The molecule has 1 amide bonds. The summed E-state index contributed by atoms with van der Waals surface area (Å²) in [6.45, 7) is 3.25. The summed E-state index contributed by atoms with van der Waals surface area (Å²) in [6, 6.07) is 2.28. The fourth-order valence-electron chi connectivity index (χ4n) is 3.21. The molecule has 1 aromatic carbocycles. The molecule has 4 nitrogen and oxygen atoms in total. The van der Waals surface area contributed by atoms with E-state index in [9.17, 15) is 31.9 Å². The molecule has 148 valence electrons. The molecule has 0 aromatic heterocycles. The molecule has 0 spiro atoms. The zero-order valence-electron chi connectivity index (χ0n) is 14.7. The molecule has 2 aliphatic heterocycles. The Morgan fingerprint density at radius 1 is 1.15 bits per heavy atom. The van der Waals surface area contributed by atoms with E-state index in [1.54, 1.807) is 0 Å². The Hall–Kier alpha value is -2.32. The van der Waals surface area contributed by atoms with Gasteiger partial charge in [-0.3, -0.25) is 4.79 Å². The highest BCUT2D eigenvalue weighted by Gasteiger charge is 2.59. The van der Waals surface area contributed by atoms with E-state index >= 15 is 0 Å². The lowest BCUT2D eigenvalue weighted by molar-refractivity contribution is -0.289. The summed E-state index contributed by atoms with van der Waals surface area (Å²) < 4.78 is 71.4. The molecular weight excluding hydrogens is 373 g/mol. The maximum absolute atomic E-state index is 13.8. The Bertz CT molecular complexity index is 814. The number of hydrogen-bond acceptors (Lipinski definition) is 3. The molecule has 0 unspecified atom stereocenters. The summed E-state index contributed by atoms with van der Waals surface area (Å²) in [6.07, 6.45) is -4.31. The second-order valence-electron chi connectivity index (χ2n) is 7.10. The Morgan fingerprint density at radius 2 is 1.81 bits per heavy atom. The number of likely N-dealkylation sites (tertiary alicyclic amines) is 1. The van der Waals surface area contributed by atoms with Crippen LogP contribution in [-0.4, -0.2) is 34.2 Å². The van der Waals surface area contributed by atoms with E-state index in [4.69, 9.17) is 4.74 Å². The van der Waals surface area contributed by atoms with Gasteiger partial charge in [-0.2, -0.15) is 22.0 Å². The van der Waals surface area contributed by atoms with Gasteiger partial charge in [0.15, 0.2) is 11.4 Å². The molecule has 0 bridgehead atoms. The molecule has 27 heavy (non-hydrogen) atoms. The van der Waals surface area contributed by atoms with E-state index in [2.05, 4.69) is 0 Å². The van der Waals surface area contributed by atoms with Crippen molar-refractivity contribution in [3.63, 3.8) is 0 Å². The number of piperidine rings is 1. The zero-order valence-corrected chi connectivity index (χ0v) is 14.7. The van der Waals surface area contributed by atoms with Gasteiger partial charge < -0.3 is 14.7 Å². The number of halogens is 5. The molecule has 0 saturated carbocycles. The van der Waals surface area contributed by atoms with Crippen LogP contribution in [0.4, 0.5) is 22.0 Å². The molecule has 2 aliphatic rings. The zero-order chi connectivity index (χ0) is 20.2. The van der Waals surface area contributed by atoms with E-state index in [1.165, 1.54) is 18.7 Å². The number of aliphatic hydroxyl groups is 1. The molecule has 3 rings (SSSR count). The molecule has 1 N–H and O–H groups in total. The van der Waals surface area contributed by atoms with Crippen molar-refractivity contribution in [1.82, 2.24) is 4.90 Å². The summed E-state index contributed by atoms with van der Waals surface area (Å²) in [7, 11) is 0. The third-order valence-corrected chi connectivity index (χ3v) is 4.71.